The molecule has 312 valence electrons. The Bertz CT molecular complexity index is 1650. The van der Waals surface area contributed by atoms with Crippen LogP contribution in [0.5, 0.6) is 0 Å². The first-order valence-corrected chi connectivity index (χ1v) is 22.6. The molecule has 3 aliphatic heterocycles. The van der Waals surface area contributed by atoms with Crippen molar-refractivity contribution in [1.29, 1.82) is 0 Å². The third kappa shape index (κ3) is 9.48. The first-order chi connectivity index (χ1) is 27.5. The number of amides is 2. The summed E-state index contributed by atoms with van der Waals surface area (Å²) in [6.45, 7) is 22.3. The van der Waals surface area contributed by atoms with Gasteiger partial charge >= 0.3 is 0 Å². The summed E-state index contributed by atoms with van der Waals surface area (Å²) < 4.78 is 22.1. The van der Waals surface area contributed by atoms with Crippen LogP contribution in [0, 0.1) is 59.2 Å². The largest absolute Gasteiger partial charge is 0.378 e. The van der Waals surface area contributed by atoms with Crippen molar-refractivity contribution in [3.8, 4) is 0 Å². The number of epoxide rings is 2. The van der Waals surface area contributed by atoms with E-state index in [9.17, 15) is 9.59 Å². The van der Waals surface area contributed by atoms with E-state index in [0.717, 1.165) is 62.2 Å². The van der Waals surface area contributed by atoms with Gasteiger partial charge in [-0.25, -0.2) is 4.90 Å². The average molecular weight is 782 g/mol. The fourth-order valence-corrected chi connectivity index (χ4v) is 11.4. The lowest BCUT2D eigenvalue weighted by molar-refractivity contribution is -0.125. The summed E-state index contributed by atoms with van der Waals surface area (Å²) >= 11 is 0. The Morgan fingerprint density at radius 3 is 1.96 bits per heavy atom. The molecular weight excluding hydrogens is 711 g/mol. The maximum Gasteiger partial charge on any atom is 0.237 e. The standard InChI is InChI=1S/C34H47NO4.C16H24O2/c1-18(2)23-9-7-10-24(19(3)4)32(23)35-33(36)21(6)30(34(35)37)31-28(13-20(5)15-38-16-22-17-39-22)27-14-29(31)26-12-8-11-25(26)27;1-3-14(15-7-5-4-6-8-15)9-13(2)10-17-11-16-12-18-16/h7-10,12,18-22,25-31H,11,13-17H2,1-6H3;4-8,13-14,16H,3,9-12H2,1-2H3. The maximum atomic E-state index is 14.6. The lowest BCUT2D eigenvalue weighted by Gasteiger charge is -2.42. The van der Waals surface area contributed by atoms with Gasteiger partial charge in [-0.3, -0.25) is 9.59 Å². The number of hydrogen-bond acceptors (Lipinski definition) is 6. The van der Waals surface area contributed by atoms with E-state index in [1.165, 1.54) is 31.2 Å². The highest BCUT2D eigenvalue weighted by molar-refractivity contribution is 6.22. The zero-order valence-electron chi connectivity index (χ0n) is 36.1. The Kier molecular flexibility index (Phi) is 13.8. The van der Waals surface area contributed by atoms with Gasteiger partial charge < -0.3 is 18.9 Å². The second-order valence-electron chi connectivity index (χ2n) is 19.3. The SMILES string of the molecule is CC(COCC1CO1)CC1C2CC(C3C=CCC32)C1C1C(=O)N(c2c(C(C)C)cccc2C(C)C)C(=O)C1C.CCC(CC(C)COCC1CO1)c1ccccc1. The molecule has 7 heteroatoms. The van der Waals surface area contributed by atoms with Gasteiger partial charge in [0.25, 0.3) is 0 Å². The molecule has 2 saturated carbocycles. The number of rotatable bonds is 18. The summed E-state index contributed by atoms with van der Waals surface area (Å²) in [7, 11) is 0. The lowest BCUT2D eigenvalue weighted by Crippen LogP contribution is -2.42. The third-order valence-electron chi connectivity index (χ3n) is 14.4. The molecule has 6 aliphatic rings. The van der Waals surface area contributed by atoms with Crippen LogP contribution in [0.3, 0.4) is 0 Å². The van der Waals surface area contributed by atoms with Crippen LogP contribution in [0.1, 0.15) is 122 Å². The number of allylic oxidation sites excluding steroid dienone is 2. The highest BCUT2D eigenvalue weighted by Gasteiger charge is 2.63. The van der Waals surface area contributed by atoms with Gasteiger partial charge in [0.1, 0.15) is 12.2 Å². The molecule has 0 radical (unpaired) electrons. The number of hydrogen-bond donors (Lipinski definition) is 0. The van der Waals surface area contributed by atoms with E-state index in [-0.39, 0.29) is 47.5 Å². The third-order valence-corrected chi connectivity index (χ3v) is 14.4. The van der Waals surface area contributed by atoms with Crippen LogP contribution in [0.25, 0.3) is 0 Å². The van der Waals surface area contributed by atoms with Crippen molar-refractivity contribution in [2.45, 2.75) is 117 Å². The van der Waals surface area contributed by atoms with Crippen LogP contribution < -0.4 is 4.90 Å². The zero-order chi connectivity index (χ0) is 40.4. The summed E-state index contributed by atoms with van der Waals surface area (Å²) in [4.78, 5) is 30.3. The zero-order valence-corrected chi connectivity index (χ0v) is 36.1. The molecule has 0 N–H and O–H groups in total. The van der Waals surface area contributed by atoms with Crippen molar-refractivity contribution in [2.24, 2.45) is 59.2 Å². The maximum absolute atomic E-state index is 14.6. The van der Waals surface area contributed by atoms with Gasteiger partial charge in [0.05, 0.1) is 38.0 Å². The minimum atomic E-state index is -0.285. The Morgan fingerprint density at radius 1 is 0.772 bits per heavy atom. The molecular formula is C50H71NO6. The monoisotopic (exact) mass is 782 g/mol. The number of carbonyl (C=O) groups is 2. The molecule has 2 aromatic carbocycles. The van der Waals surface area contributed by atoms with E-state index in [4.69, 9.17) is 18.9 Å². The van der Waals surface area contributed by atoms with Crippen molar-refractivity contribution < 1.29 is 28.5 Å². The van der Waals surface area contributed by atoms with Gasteiger partial charge in [-0.15, -0.1) is 0 Å². The predicted molar refractivity (Wildman–Crippen MR) is 227 cm³/mol. The predicted octanol–water partition coefficient (Wildman–Crippen LogP) is 10.2. The van der Waals surface area contributed by atoms with Crippen molar-refractivity contribution >= 4 is 17.5 Å². The van der Waals surface area contributed by atoms with Gasteiger partial charge in [-0.2, -0.15) is 0 Å². The van der Waals surface area contributed by atoms with Crippen LogP contribution in [-0.2, 0) is 28.5 Å². The van der Waals surface area contributed by atoms with Gasteiger partial charge in [-0.05, 0) is 114 Å². The molecule has 13 unspecified atom stereocenters. The molecule has 2 amide bonds. The van der Waals surface area contributed by atoms with Gasteiger partial charge in [-0.1, -0.05) is 116 Å². The molecule has 7 nitrogen and oxygen atoms in total. The molecule has 57 heavy (non-hydrogen) atoms. The van der Waals surface area contributed by atoms with Crippen LogP contribution >= 0.6 is 0 Å². The molecule has 5 fully saturated rings. The number of fused-ring (bicyclic) bond motifs is 5. The molecule has 3 saturated heterocycles. The number of para-hydroxylation sites is 1. The molecule has 13 atom stereocenters. The molecule has 3 aliphatic carbocycles. The first kappa shape index (κ1) is 42.3. The van der Waals surface area contributed by atoms with Crippen molar-refractivity contribution in [3.05, 3.63) is 77.4 Å². The Balaban J connectivity index is 0.000000231. The second-order valence-corrected chi connectivity index (χ2v) is 19.3. The Hall–Kier alpha value is -2.84. The molecule has 8 rings (SSSR count). The number of imide groups is 1. The summed E-state index contributed by atoms with van der Waals surface area (Å²) in [6, 6.07) is 17.1. The highest BCUT2D eigenvalue weighted by atomic mass is 16.6. The van der Waals surface area contributed by atoms with E-state index >= 15 is 0 Å². The van der Waals surface area contributed by atoms with Gasteiger partial charge in [0.15, 0.2) is 0 Å². The summed E-state index contributed by atoms with van der Waals surface area (Å²) in [5, 5.41) is 0. The van der Waals surface area contributed by atoms with Crippen molar-refractivity contribution in [1.82, 2.24) is 0 Å². The molecule has 3 heterocycles. The first-order valence-electron chi connectivity index (χ1n) is 22.6. The second kappa shape index (κ2) is 18.6. The van der Waals surface area contributed by atoms with Crippen molar-refractivity contribution in [3.63, 3.8) is 0 Å². The lowest BCUT2D eigenvalue weighted by atomic mass is 9.61. The fourth-order valence-electron chi connectivity index (χ4n) is 11.4. The van der Waals surface area contributed by atoms with Crippen LogP contribution in [0.2, 0.25) is 0 Å². The van der Waals surface area contributed by atoms with Gasteiger partial charge in [0, 0.05) is 19.1 Å². The summed E-state index contributed by atoms with van der Waals surface area (Å²) in [6.07, 6.45) is 11.3. The van der Waals surface area contributed by atoms with Gasteiger partial charge in [0.2, 0.25) is 11.8 Å². The van der Waals surface area contributed by atoms with E-state index in [1.54, 1.807) is 4.90 Å². The van der Waals surface area contributed by atoms with Crippen molar-refractivity contribution in [2.75, 3.05) is 44.5 Å². The fraction of sp³-hybridized carbons (Fsp3) is 0.680. The minimum Gasteiger partial charge on any atom is -0.378 e. The summed E-state index contributed by atoms with van der Waals surface area (Å²) in [5.41, 5.74) is 4.53. The van der Waals surface area contributed by atoms with Crippen LogP contribution in [0.15, 0.2) is 60.7 Å². The number of anilines is 1. The number of nitrogens with zero attached hydrogens (tertiary/aromatic N) is 1. The average Bonchev–Trinajstić information content (AvgIpc) is 4.07. The molecule has 0 aromatic heterocycles. The normalized spacial score (nSPS) is 32.5. The smallest absolute Gasteiger partial charge is 0.237 e. The van der Waals surface area contributed by atoms with E-state index in [1.807, 2.05) is 6.92 Å². The number of carbonyl (C=O) groups excluding carboxylic acids is 2. The minimum absolute atomic E-state index is 0.000790. The van der Waals surface area contributed by atoms with E-state index in [0.29, 0.717) is 54.1 Å². The number of benzene rings is 2. The highest BCUT2D eigenvalue weighted by Crippen LogP contribution is 2.66. The molecule has 2 bridgehead atoms. The summed E-state index contributed by atoms with van der Waals surface area (Å²) in [5.74, 6) is 4.87. The Morgan fingerprint density at radius 2 is 1.39 bits per heavy atom. The number of ether oxygens (including phenoxy) is 4. The van der Waals surface area contributed by atoms with E-state index in [2.05, 4.69) is 109 Å². The Labute approximate surface area is 343 Å². The quantitative estimate of drug-likeness (QED) is 0.0851. The van der Waals surface area contributed by atoms with E-state index < -0.39 is 0 Å². The topological polar surface area (TPSA) is 80.9 Å². The van der Waals surface area contributed by atoms with Crippen LogP contribution in [-0.4, -0.2) is 63.7 Å². The molecule has 0 spiro atoms. The van der Waals surface area contributed by atoms with Crippen LogP contribution in [0.4, 0.5) is 5.69 Å². The molecule has 2 aromatic rings.